The third-order valence-electron chi connectivity index (χ3n) is 4.83. The van der Waals surface area contributed by atoms with Gasteiger partial charge in [-0.2, -0.15) is 5.26 Å². The molecule has 0 aliphatic carbocycles. The zero-order valence-corrected chi connectivity index (χ0v) is 18.3. The summed E-state index contributed by atoms with van der Waals surface area (Å²) < 4.78 is 13.2. The van der Waals surface area contributed by atoms with E-state index < -0.39 is 6.10 Å². The lowest BCUT2D eigenvalue weighted by Crippen LogP contribution is -2.20. The number of aliphatic hydroxyl groups is 1. The van der Waals surface area contributed by atoms with E-state index >= 15 is 0 Å². The number of hydrogen-bond donors (Lipinski definition) is 1. The van der Waals surface area contributed by atoms with Gasteiger partial charge in [0.25, 0.3) is 0 Å². The van der Waals surface area contributed by atoms with E-state index in [2.05, 4.69) is 16.3 Å². The Hall–Kier alpha value is -3.54. The molecule has 0 amide bonds. The van der Waals surface area contributed by atoms with E-state index in [0.29, 0.717) is 28.8 Å². The average molecular weight is 447 g/mol. The van der Waals surface area contributed by atoms with E-state index in [0.717, 1.165) is 22.7 Å². The lowest BCUT2D eigenvalue weighted by molar-refractivity contribution is 0.126. The summed E-state index contributed by atoms with van der Waals surface area (Å²) in [7, 11) is 0. The molecule has 0 fully saturated rings. The minimum atomic E-state index is -0.702. The van der Waals surface area contributed by atoms with Crippen molar-refractivity contribution in [3.05, 3.63) is 83.8 Å². The van der Waals surface area contributed by atoms with Gasteiger partial charge < -0.3 is 14.3 Å². The molecule has 4 rings (SSSR count). The lowest BCUT2D eigenvalue weighted by atomic mass is 10.1. The summed E-state index contributed by atoms with van der Waals surface area (Å²) in [6.45, 7) is 2.66. The van der Waals surface area contributed by atoms with Crippen molar-refractivity contribution in [3.63, 3.8) is 0 Å². The molecule has 0 saturated heterocycles. The Morgan fingerprint density at radius 1 is 1.12 bits per heavy atom. The number of aromatic nitrogens is 3. The molecule has 1 N–H and O–H groups in total. The smallest absolute Gasteiger partial charge is 0.192 e. The van der Waals surface area contributed by atoms with Crippen LogP contribution in [0.5, 0.6) is 5.75 Å². The standard InChI is InChI=1S/C24H22N4O3S/c1-17-5-2-3-7-22(17)23-26-27-24(28(23)14-21-6-4-12-30-21)32-16-19(29)15-31-20-10-8-18(13-25)9-11-20/h2-12,19,29H,14-16H2,1H3. The quantitative estimate of drug-likeness (QED) is 0.383. The van der Waals surface area contributed by atoms with E-state index in [-0.39, 0.29) is 6.61 Å². The van der Waals surface area contributed by atoms with E-state index in [1.165, 1.54) is 11.8 Å². The molecule has 32 heavy (non-hydrogen) atoms. The fourth-order valence-electron chi connectivity index (χ4n) is 3.16. The normalized spacial score (nSPS) is 11.8. The maximum absolute atomic E-state index is 10.4. The number of nitrogens with zero attached hydrogens (tertiary/aromatic N) is 4. The van der Waals surface area contributed by atoms with Crippen molar-refractivity contribution in [1.82, 2.24) is 14.8 Å². The predicted octanol–water partition coefficient (Wildman–Crippen LogP) is 4.30. The second-order valence-corrected chi connectivity index (χ2v) is 8.19. The molecular formula is C24H22N4O3S. The molecule has 2 aromatic carbocycles. The Kier molecular flexibility index (Phi) is 6.90. The van der Waals surface area contributed by atoms with Crippen LogP contribution in [0, 0.1) is 18.3 Å². The fourth-order valence-corrected chi connectivity index (χ4v) is 4.00. The van der Waals surface area contributed by atoms with Crippen LogP contribution in [-0.4, -0.2) is 38.3 Å². The zero-order chi connectivity index (χ0) is 22.3. The molecule has 4 aromatic rings. The topological polar surface area (TPSA) is 97.1 Å². The van der Waals surface area contributed by atoms with Gasteiger partial charge in [-0.25, -0.2) is 0 Å². The van der Waals surface area contributed by atoms with Crippen molar-refractivity contribution in [2.45, 2.75) is 24.7 Å². The van der Waals surface area contributed by atoms with E-state index in [1.807, 2.05) is 47.9 Å². The maximum Gasteiger partial charge on any atom is 0.192 e. The first-order valence-electron chi connectivity index (χ1n) is 10.1. The van der Waals surface area contributed by atoms with Crippen molar-refractivity contribution in [1.29, 1.82) is 5.26 Å². The molecule has 162 valence electrons. The van der Waals surface area contributed by atoms with Gasteiger partial charge in [0.15, 0.2) is 11.0 Å². The third kappa shape index (κ3) is 5.19. The van der Waals surface area contributed by atoms with Gasteiger partial charge in [-0.3, -0.25) is 4.57 Å². The van der Waals surface area contributed by atoms with Crippen LogP contribution < -0.4 is 4.74 Å². The van der Waals surface area contributed by atoms with Crippen LogP contribution in [0.4, 0.5) is 0 Å². The molecule has 0 aliphatic rings. The van der Waals surface area contributed by atoms with Gasteiger partial charge in [0, 0.05) is 11.3 Å². The highest BCUT2D eigenvalue weighted by Crippen LogP contribution is 2.27. The van der Waals surface area contributed by atoms with Gasteiger partial charge >= 0.3 is 0 Å². The molecule has 2 heterocycles. The molecule has 0 bridgehead atoms. The van der Waals surface area contributed by atoms with Crippen LogP contribution >= 0.6 is 11.8 Å². The summed E-state index contributed by atoms with van der Waals surface area (Å²) in [4.78, 5) is 0. The van der Waals surface area contributed by atoms with Crippen molar-refractivity contribution in [3.8, 4) is 23.2 Å². The number of ether oxygens (including phenoxy) is 1. The van der Waals surface area contributed by atoms with Crippen LogP contribution in [0.3, 0.4) is 0 Å². The Labute approximate surface area is 190 Å². The highest BCUT2D eigenvalue weighted by molar-refractivity contribution is 7.99. The number of thioether (sulfide) groups is 1. The largest absolute Gasteiger partial charge is 0.491 e. The van der Waals surface area contributed by atoms with Gasteiger partial charge in [-0.15, -0.1) is 10.2 Å². The Morgan fingerprint density at radius 2 is 1.94 bits per heavy atom. The Morgan fingerprint density at radius 3 is 2.66 bits per heavy atom. The third-order valence-corrected chi connectivity index (χ3v) is 5.94. The van der Waals surface area contributed by atoms with Crippen LogP contribution in [0.2, 0.25) is 0 Å². The number of rotatable bonds is 9. The Bertz CT molecular complexity index is 1200. The summed E-state index contributed by atoms with van der Waals surface area (Å²) >= 11 is 1.41. The van der Waals surface area contributed by atoms with Gasteiger partial charge in [-0.1, -0.05) is 36.0 Å². The number of aliphatic hydroxyl groups excluding tert-OH is 1. The zero-order valence-electron chi connectivity index (χ0n) is 17.5. The van der Waals surface area contributed by atoms with E-state index in [9.17, 15) is 5.11 Å². The summed E-state index contributed by atoms with van der Waals surface area (Å²) in [5.74, 6) is 2.55. The first-order chi connectivity index (χ1) is 15.6. The Balaban J connectivity index is 1.45. The van der Waals surface area contributed by atoms with Crippen molar-refractivity contribution < 1.29 is 14.3 Å². The SMILES string of the molecule is Cc1ccccc1-c1nnc(SCC(O)COc2ccc(C#N)cc2)n1Cc1ccco1. The number of furan rings is 1. The minimum Gasteiger partial charge on any atom is -0.491 e. The second kappa shape index (κ2) is 10.2. The maximum atomic E-state index is 10.4. The monoisotopic (exact) mass is 446 g/mol. The molecule has 1 unspecified atom stereocenters. The van der Waals surface area contributed by atoms with Crippen LogP contribution in [0.25, 0.3) is 11.4 Å². The second-order valence-electron chi connectivity index (χ2n) is 7.20. The molecule has 7 nitrogen and oxygen atoms in total. The van der Waals surface area contributed by atoms with Crippen molar-refractivity contribution in [2.75, 3.05) is 12.4 Å². The highest BCUT2D eigenvalue weighted by atomic mass is 32.2. The summed E-state index contributed by atoms with van der Waals surface area (Å²) in [5.41, 5.74) is 2.67. The van der Waals surface area contributed by atoms with E-state index in [4.69, 9.17) is 14.4 Å². The molecule has 0 saturated carbocycles. The number of hydrogen-bond acceptors (Lipinski definition) is 7. The molecule has 8 heteroatoms. The molecule has 0 spiro atoms. The average Bonchev–Trinajstić information content (AvgIpc) is 3.47. The lowest BCUT2D eigenvalue weighted by Gasteiger charge is -2.13. The van der Waals surface area contributed by atoms with Gasteiger partial charge in [-0.05, 0) is 48.9 Å². The molecule has 1 atom stereocenters. The van der Waals surface area contributed by atoms with Crippen molar-refractivity contribution in [2.24, 2.45) is 0 Å². The highest BCUT2D eigenvalue weighted by Gasteiger charge is 2.18. The fraction of sp³-hybridized carbons (Fsp3) is 0.208. The van der Waals surface area contributed by atoms with Gasteiger partial charge in [0.05, 0.1) is 30.5 Å². The number of nitriles is 1. The molecular weight excluding hydrogens is 424 g/mol. The molecule has 0 radical (unpaired) electrons. The molecule has 0 aliphatic heterocycles. The van der Waals surface area contributed by atoms with Gasteiger partial charge in [0.1, 0.15) is 18.1 Å². The first-order valence-corrected chi connectivity index (χ1v) is 11.1. The van der Waals surface area contributed by atoms with Crippen LogP contribution in [0.15, 0.2) is 76.5 Å². The van der Waals surface area contributed by atoms with Crippen LogP contribution in [-0.2, 0) is 6.54 Å². The minimum absolute atomic E-state index is 0.135. The number of benzene rings is 2. The summed E-state index contributed by atoms with van der Waals surface area (Å²) in [6, 6.07) is 20.7. The first kappa shape index (κ1) is 21.7. The van der Waals surface area contributed by atoms with Crippen molar-refractivity contribution >= 4 is 11.8 Å². The van der Waals surface area contributed by atoms with Gasteiger partial charge in [0.2, 0.25) is 0 Å². The number of aryl methyl sites for hydroxylation is 1. The predicted molar refractivity (Wildman–Crippen MR) is 121 cm³/mol. The molecule has 2 aromatic heterocycles. The van der Waals surface area contributed by atoms with Crippen LogP contribution in [0.1, 0.15) is 16.9 Å². The summed E-state index contributed by atoms with van der Waals surface area (Å²) in [6.07, 6.45) is 0.941. The van der Waals surface area contributed by atoms with E-state index in [1.54, 1.807) is 30.5 Å². The summed E-state index contributed by atoms with van der Waals surface area (Å²) in [5, 5.41) is 28.8.